The van der Waals surface area contributed by atoms with Gasteiger partial charge in [-0.15, -0.1) is 0 Å². The van der Waals surface area contributed by atoms with Gasteiger partial charge in [0.15, 0.2) is 0 Å². The third-order valence-corrected chi connectivity index (χ3v) is 3.98. The number of rotatable bonds is 3. The summed E-state index contributed by atoms with van der Waals surface area (Å²) in [6.07, 6.45) is 1.83. The SMILES string of the molecule is CNC(c1ccc(Br)cc1)c1ccc2ncccc2c1. The van der Waals surface area contributed by atoms with Crippen LogP contribution in [-0.2, 0) is 0 Å². The summed E-state index contributed by atoms with van der Waals surface area (Å²) in [6, 6.07) is 19.1. The second kappa shape index (κ2) is 5.73. The first kappa shape index (κ1) is 13.3. The van der Waals surface area contributed by atoms with Crippen molar-refractivity contribution in [2.45, 2.75) is 6.04 Å². The number of aromatic nitrogens is 1. The maximum Gasteiger partial charge on any atom is 0.0702 e. The average Bonchev–Trinajstić information content (AvgIpc) is 2.50. The molecule has 3 heteroatoms. The number of hydrogen-bond donors (Lipinski definition) is 1. The van der Waals surface area contributed by atoms with Crippen LogP contribution in [0.15, 0.2) is 65.3 Å². The number of halogens is 1. The number of nitrogens with zero attached hydrogens (tertiary/aromatic N) is 1. The average molecular weight is 327 g/mol. The monoisotopic (exact) mass is 326 g/mol. The predicted octanol–water partition coefficient (Wildman–Crippen LogP) is 4.31. The van der Waals surface area contributed by atoms with Gasteiger partial charge in [0, 0.05) is 16.1 Å². The quantitative estimate of drug-likeness (QED) is 0.775. The van der Waals surface area contributed by atoms with Gasteiger partial charge in [-0.2, -0.15) is 0 Å². The molecule has 0 spiro atoms. The number of hydrogen-bond acceptors (Lipinski definition) is 2. The molecule has 2 nitrogen and oxygen atoms in total. The highest BCUT2D eigenvalue weighted by Gasteiger charge is 2.12. The van der Waals surface area contributed by atoms with Gasteiger partial charge in [0.25, 0.3) is 0 Å². The Morgan fingerprint density at radius 1 is 1.00 bits per heavy atom. The summed E-state index contributed by atoms with van der Waals surface area (Å²) < 4.78 is 1.10. The number of fused-ring (bicyclic) bond motifs is 1. The molecule has 0 bridgehead atoms. The van der Waals surface area contributed by atoms with Gasteiger partial charge in [0.1, 0.15) is 0 Å². The Kier molecular flexibility index (Phi) is 3.81. The smallest absolute Gasteiger partial charge is 0.0702 e. The molecule has 1 unspecified atom stereocenters. The molecule has 0 saturated heterocycles. The summed E-state index contributed by atoms with van der Waals surface area (Å²) in [5, 5.41) is 4.55. The van der Waals surface area contributed by atoms with E-state index in [1.807, 2.05) is 19.3 Å². The number of benzene rings is 2. The van der Waals surface area contributed by atoms with Crippen molar-refractivity contribution in [3.63, 3.8) is 0 Å². The van der Waals surface area contributed by atoms with Crippen molar-refractivity contribution in [3.8, 4) is 0 Å². The molecule has 1 heterocycles. The molecule has 0 aliphatic carbocycles. The van der Waals surface area contributed by atoms with E-state index in [4.69, 9.17) is 0 Å². The molecule has 0 fully saturated rings. The van der Waals surface area contributed by atoms with Crippen LogP contribution in [0.25, 0.3) is 10.9 Å². The second-order valence-electron chi connectivity index (χ2n) is 4.73. The van der Waals surface area contributed by atoms with Gasteiger partial charge in [-0.25, -0.2) is 0 Å². The van der Waals surface area contributed by atoms with E-state index in [0.29, 0.717) is 0 Å². The first-order chi connectivity index (χ1) is 9.78. The van der Waals surface area contributed by atoms with Gasteiger partial charge in [-0.05, 0) is 48.5 Å². The Hall–Kier alpha value is -1.71. The van der Waals surface area contributed by atoms with Gasteiger partial charge >= 0.3 is 0 Å². The lowest BCUT2D eigenvalue weighted by atomic mass is 9.97. The van der Waals surface area contributed by atoms with Crippen molar-refractivity contribution in [1.29, 1.82) is 0 Å². The van der Waals surface area contributed by atoms with Crippen LogP contribution in [-0.4, -0.2) is 12.0 Å². The summed E-state index contributed by atoms with van der Waals surface area (Å²) in [6.45, 7) is 0. The molecule has 2 aromatic carbocycles. The Bertz CT molecular complexity index is 722. The molecule has 0 radical (unpaired) electrons. The highest BCUT2D eigenvalue weighted by Crippen LogP contribution is 2.25. The van der Waals surface area contributed by atoms with E-state index in [1.165, 1.54) is 16.5 Å². The minimum Gasteiger partial charge on any atom is -0.309 e. The minimum atomic E-state index is 0.188. The van der Waals surface area contributed by atoms with Crippen molar-refractivity contribution in [2.24, 2.45) is 0 Å². The molecule has 1 atom stereocenters. The van der Waals surface area contributed by atoms with E-state index < -0.39 is 0 Å². The lowest BCUT2D eigenvalue weighted by molar-refractivity contribution is 0.692. The van der Waals surface area contributed by atoms with Crippen molar-refractivity contribution < 1.29 is 0 Å². The van der Waals surface area contributed by atoms with Crippen LogP contribution >= 0.6 is 15.9 Å². The van der Waals surface area contributed by atoms with Gasteiger partial charge < -0.3 is 5.32 Å². The molecule has 20 heavy (non-hydrogen) atoms. The molecule has 0 amide bonds. The lowest BCUT2D eigenvalue weighted by Crippen LogP contribution is -2.17. The maximum absolute atomic E-state index is 4.37. The summed E-state index contributed by atoms with van der Waals surface area (Å²) in [7, 11) is 1.99. The maximum atomic E-state index is 4.37. The Morgan fingerprint density at radius 2 is 1.75 bits per heavy atom. The second-order valence-corrected chi connectivity index (χ2v) is 5.64. The number of nitrogens with one attached hydrogen (secondary N) is 1. The standard InChI is InChI=1S/C17H15BrN2/c1-19-17(12-4-7-15(18)8-5-12)14-6-9-16-13(11-14)3-2-10-20-16/h2-11,17,19H,1H3. The van der Waals surface area contributed by atoms with Crippen molar-refractivity contribution in [3.05, 3.63) is 76.4 Å². The highest BCUT2D eigenvalue weighted by atomic mass is 79.9. The van der Waals surface area contributed by atoms with Crippen molar-refractivity contribution in [2.75, 3.05) is 7.05 Å². The fourth-order valence-corrected chi connectivity index (χ4v) is 2.72. The first-order valence-corrected chi connectivity index (χ1v) is 7.34. The fraction of sp³-hybridized carbons (Fsp3) is 0.118. The zero-order valence-corrected chi connectivity index (χ0v) is 12.8. The molecular formula is C17H15BrN2. The van der Waals surface area contributed by atoms with E-state index in [1.54, 1.807) is 0 Å². The molecule has 1 aromatic heterocycles. The van der Waals surface area contributed by atoms with Crippen LogP contribution in [0.4, 0.5) is 0 Å². The van der Waals surface area contributed by atoms with E-state index in [0.717, 1.165) is 9.99 Å². The minimum absolute atomic E-state index is 0.188. The predicted molar refractivity (Wildman–Crippen MR) is 86.8 cm³/mol. The van der Waals surface area contributed by atoms with Crippen LogP contribution in [0.2, 0.25) is 0 Å². The van der Waals surface area contributed by atoms with E-state index >= 15 is 0 Å². The molecule has 3 aromatic rings. The van der Waals surface area contributed by atoms with Crippen LogP contribution in [0.1, 0.15) is 17.2 Å². The van der Waals surface area contributed by atoms with Crippen LogP contribution < -0.4 is 5.32 Å². The summed E-state index contributed by atoms with van der Waals surface area (Å²) in [5.74, 6) is 0. The largest absolute Gasteiger partial charge is 0.309 e. The Morgan fingerprint density at radius 3 is 2.50 bits per heavy atom. The van der Waals surface area contributed by atoms with Gasteiger partial charge in [0.05, 0.1) is 11.6 Å². The zero-order chi connectivity index (χ0) is 13.9. The summed E-state index contributed by atoms with van der Waals surface area (Å²) in [5.41, 5.74) is 3.52. The van der Waals surface area contributed by atoms with Gasteiger partial charge in [0.2, 0.25) is 0 Å². The molecule has 3 rings (SSSR count). The van der Waals surface area contributed by atoms with Crippen LogP contribution in [0.3, 0.4) is 0 Å². The molecule has 100 valence electrons. The normalized spacial score (nSPS) is 12.5. The van der Waals surface area contributed by atoms with E-state index in [2.05, 4.69) is 74.8 Å². The lowest BCUT2D eigenvalue weighted by Gasteiger charge is -2.18. The third kappa shape index (κ3) is 2.60. The van der Waals surface area contributed by atoms with Crippen LogP contribution in [0, 0.1) is 0 Å². The van der Waals surface area contributed by atoms with Gasteiger partial charge in [-0.3, -0.25) is 4.98 Å². The zero-order valence-electron chi connectivity index (χ0n) is 11.2. The fourth-order valence-electron chi connectivity index (χ4n) is 2.45. The molecule has 0 aliphatic heterocycles. The Labute approximate surface area is 127 Å². The highest BCUT2D eigenvalue weighted by molar-refractivity contribution is 9.10. The third-order valence-electron chi connectivity index (χ3n) is 3.45. The van der Waals surface area contributed by atoms with Gasteiger partial charge in [-0.1, -0.05) is 40.2 Å². The number of pyridine rings is 1. The summed E-state index contributed by atoms with van der Waals surface area (Å²) in [4.78, 5) is 4.37. The first-order valence-electron chi connectivity index (χ1n) is 6.55. The van der Waals surface area contributed by atoms with Crippen molar-refractivity contribution >= 4 is 26.8 Å². The molecule has 0 aliphatic rings. The molecular weight excluding hydrogens is 312 g/mol. The van der Waals surface area contributed by atoms with E-state index in [9.17, 15) is 0 Å². The topological polar surface area (TPSA) is 24.9 Å². The van der Waals surface area contributed by atoms with E-state index in [-0.39, 0.29) is 6.04 Å². The van der Waals surface area contributed by atoms with Crippen LogP contribution in [0.5, 0.6) is 0 Å². The summed E-state index contributed by atoms with van der Waals surface area (Å²) >= 11 is 3.48. The molecule has 1 N–H and O–H groups in total. The molecule has 0 saturated carbocycles. The van der Waals surface area contributed by atoms with Crippen molar-refractivity contribution in [1.82, 2.24) is 10.3 Å². The Balaban J connectivity index is 2.04.